The van der Waals surface area contributed by atoms with Gasteiger partial charge in [-0.15, -0.1) is 0 Å². The summed E-state index contributed by atoms with van der Waals surface area (Å²) in [6, 6.07) is 6.82. The third kappa shape index (κ3) is 7.02. The van der Waals surface area contributed by atoms with Gasteiger partial charge in [0.15, 0.2) is 0 Å². The van der Waals surface area contributed by atoms with E-state index in [4.69, 9.17) is 5.11 Å². The molecule has 0 aliphatic carbocycles. The highest BCUT2D eigenvalue weighted by Crippen LogP contribution is 2.20. The van der Waals surface area contributed by atoms with Crippen molar-refractivity contribution in [3.8, 4) is 0 Å². The molecule has 1 aromatic heterocycles. The second-order valence-corrected chi connectivity index (χ2v) is 7.20. The van der Waals surface area contributed by atoms with Gasteiger partial charge in [0.25, 0.3) is 5.91 Å². The van der Waals surface area contributed by atoms with Gasteiger partial charge in [0, 0.05) is 18.5 Å². The fourth-order valence-corrected chi connectivity index (χ4v) is 3.26. The number of imidazole rings is 1. The van der Waals surface area contributed by atoms with Crippen molar-refractivity contribution in [1.29, 1.82) is 0 Å². The molecule has 1 amide bonds. The van der Waals surface area contributed by atoms with Crippen molar-refractivity contribution >= 4 is 17.6 Å². The topological polar surface area (TPSA) is 104 Å². The van der Waals surface area contributed by atoms with E-state index in [2.05, 4.69) is 17.2 Å². The van der Waals surface area contributed by atoms with Gasteiger partial charge in [0.1, 0.15) is 11.7 Å². The Morgan fingerprint density at radius 1 is 1.14 bits per heavy atom. The Kier molecular flexibility index (Phi) is 9.37. The average molecular weight is 402 g/mol. The van der Waals surface area contributed by atoms with E-state index in [1.54, 1.807) is 0 Å². The Morgan fingerprint density at radius 3 is 2.66 bits per heavy atom. The van der Waals surface area contributed by atoms with Crippen LogP contribution in [-0.2, 0) is 11.2 Å². The summed E-state index contributed by atoms with van der Waals surface area (Å²) in [5, 5.41) is 21.4. The highest BCUT2D eigenvalue weighted by atomic mass is 16.4. The van der Waals surface area contributed by atoms with Crippen LogP contribution >= 0.6 is 0 Å². The summed E-state index contributed by atoms with van der Waals surface area (Å²) in [7, 11) is 0. The molecule has 2 aromatic rings. The molecule has 1 aromatic carbocycles. The molecule has 1 atom stereocenters. The second kappa shape index (κ2) is 12.0. The van der Waals surface area contributed by atoms with Crippen LogP contribution in [0.25, 0.3) is 0 Å². The molecule has 0 bridgehead atoms. The van der Waals surface area contributed by atoms with Gasteiger partial charge in [-0.3, -0.25) is 4.79 Å². The predicted molar refractivity (Wildman–Crippen MR) is 112 cm³/mol. The number of anilines is 1. The summed E-state index contributed by atoms with van der Waals surface area (Å²) in [6.07, 6.45) is 9.73. The monoisotopic (exact) mass is 401 g/mol. The molecular weight excluding hydrogens is 370 g/mol. The van der Waals surface area contributed by atoms with Crippen molar-refractivity contribution in [2.75, 3.05) is 11.9 Å². The quantitative estimate of drug-likeness (QED) is 0.439. The number of hydrogen-bond donors (Lipinski definition) is 3. The summed E-state index contributed by atoms with van der Waals surface area (Å²) in [5.74, 6) is -1.28. The fraction of sp³-hybridized carbons (Fsp3) is 0.500. The lowest BCUT2D eigenvalue weighted by molar-refractivity contribution is -0.141. The number of carbonyl (C=O) groups is 2. The molecule has 0 saturated heterocycles. The molecule has 3 N–H and O–H groups in total. The van der Waals surface area contributed by atoms with Crippen LogP contribution in [-0.4, -0.2) is 38.2 Å². The molecule has 7 nitrogen and oxygen atoms in total. The minimum Gasteiger partial charge on any atom is -0.480 e. The van der Waals surface area contributed by atoms with Gasteiger partial charge in [-0.2, -0.15) is 0 Å². The number of aryl methyl sites for hydroxylation is 1. The molecule has 0 fully saturated rings. The van der Waals surface area contributed by atoms with Gasteiger partial charge < -0.3 is 20.1 Å². The molecular formula is C22H31N3O4. The Labute approximate surface area is 171 Å². The fourth-order valence-electron chi connectivity index (χ4n) is 3.26. The lowest BCUT2D eigenvalue weighted by atomic mass is 10.1. The first-order valence-corrected chi connectivity index (χ1v) is 10.3. The van der Waals surface area contributed by atoms with Crippen molar-refractivity contribution in [1.82, 2.24) is 9.55 Å². The van der Waals surface area contributed by atoms with Gasteiger partial charge in [0.05, 0.1) is 6.33 Å². The van der Waals surface area contributed by atoms with E-state index in [0.29, 0.717) is 18.5 Å². The third-order valence-corrected chi connectivity index (χ3v) is 4.93. The van der Waals surface area contributed by atoms with E-state index in [-0.39, 0.29) is 18.2 Å². The van der Waals surface area contributed by atoms with Crippen molar-refractivity contribution in [2.45, 2.75) is 64.3 Å². The molecule has 1 heterocycles. The summed E-state index contributed by atoms with van der Waals surface area (Å²) >= 11 is 0. The lowest BCUT2D eigenvalue weighted by Gasteiger charge is -2.13. The Balaban J connectivity index is 2.04. The molecule has 1 unspecified atom stereocenters. The van der Waals surface area contributed by atoms with Gasteiger partial charge in [-0.05, 0) is 37.3 Å². The number of carboxylic acids is 1. The molecule has 0 aliphatic rings. The maximum atomic E-state index is 12.6. The number of carboxylic acid groups (broad SMARTS) is 1. The van der Waals surface area contributed by atoms with E-state index in [0.717, 1.165) is 44.1 Å². The molecule has 0 saturated carbocycles. The number of nitrogens with one attached hydrogen (secondary N) is 1. The number of aliphatic carboxylic acids is 1. The van der Waals surface area contributed by atoms with Crippen LogP contribution in [0.4, 0.5) is 5.69 Å². The number of para-hydroxylation sites is 1. The summed E-state index contributed by atoms with van der Waals surface area (Å²) < 4.78 is 1.51. The Hall–Kier alpha value is -2.67. The molecule has 29 heavy (non-hydrogen) atoms. The zero-order valence-electron chi connectivity index (χ0n) is 17.0. The predicted octanol–water partition coefficient (Wildman–Crippen LogP) is 4.05. The van der Waals surface area contributed by atoms with E-state index in [1.165, 1.54) is 17.1 Å². The molecule has 0 spiro atoms. The second-order valence-electron chi connectivity index (χ2n) is 7.20. The SMILES string of the molecule is CCCCCCC(C(=O)O)n1cnc(C(=O)Nc2ccccc2CCCCO)c1. The van der Waals surface area contributed by atoms with E-state index in [9.17, 15) is 14.7 Å². The summed E-state index contributed by atoms with van der Waals surface area (Å²) in [4.78, 5) is 28.4. The number of nitrogens with zero attached hydrogens (tertiary/aromatic N) is 2. The zero-order valence-corrected chi connectivity index (χ0v) is 17.0. The van der Waals surface area contributed by atoms with Gasteiger partial charge in [0.2, 0.25) is 0 Å². The maximum absolute atomic E-state index is 12.6. The number of aliphatic hydroxyl groups excluding tert-OH is 1. The number of benzene rings is 1. The zero-order chi connectivity index (χ0) is 21.1. The number of aliphatic hydroxyl groups is 1. The first-order chi connectivity index (χ1) is 14.1. The van der Waals surface area contributed by atoms with Crippen LogP contribution in [0, 0.1) is 0 Å². The highest BCUT2D eigenvalue weighted by molar-refractivity contribution is 6.03. The highest BCUT2D eigenvalue weighted by Gasteiger charge is 2.21. The minimum absolute atomic E-state index is 0.148. The standard InChI is InChI=1S/C22H31N3O4/c1-2-3-4-5-13-20(22(28)29)25-15-19(23-16-25)21(27)24-18-12-7-6-10-17(18)11-8-9-14-26/h6-7,10,12,15-16,20,26H,2-5,8-9,11,13-14H2,1H3,(H,24,27)(H,28,29). The van der Waals surface area contributed by atoms with Crippen molar-refractivity contribution < 1.29 is 19.8 Å². The van der Waals surface area contributed by atoms with Crippen molar-refractivity contribution in [3.05, 3.63) is 48.0 Å². The summed E-state index contributed by atoms with van der Waals surface area (Å²) in [5.41, 5.74) is 1.89. The van der Waals surface area contributed by atoms with Crippen LogP contribution < -0.4 is 5.32 Å². The molecule has 158 valence electrons. The smallest absolute Gasteiger partial charge is 0.326 e. The van der Waals surface area contributed by atoms with Gasteiger partial charge in [-0.1, -0.05) is 50.8 Å². The maximum Gasteiger partial charge on any atom is 0.326 e. The number of rotatable bonds is 13. The van der Waals surface area contributed by atoms with Crippen LogP contribution in [0.1, 0.15) is 74.0 Å². The van der Waals surface area contributed by atoms with Crippen LogP contribution in [0.3, 0.4) is 0 Å². The normalized spacial score (nSPS) is 11.9. The van der Waals surface area contributed by atoms with Crippen LogP contribution in [0.5, 0.6) is 0 Å². The number of hydrogen-bond acceptors (Lipinski definition) is 4. The summed E-state index contributed by atoms with van der Waals surface area (Å²) in [6.45, 7) is 2.26. The first-order valence-electron chi connectivity index (χ1n) is 10.3. The van der Waals surface area contributed by atoms with Crippen molar-refractivity contribution in [3.63, 3.8) is 0 Å². The molecule has 0 aliphatic heterocycles. The first kappa shape index (κ1) is 22.6. The third-order valence-electron chi connectivity index (χ3n) is 4.93. The van der Waals surface area contributed by atoms with E-state index < -0.39 is 12.0 Å². The lowest BCUT2D eigenvalue weighted by Crippen LogP contribution is -2.18. The van der Waals surface area contributed by atoms with E-state index >= 15 is 0 Å². The van der Waals surface area contributed by atoms with Crippen LogP contribution in [0.2, 0.25) is 0 Å². The van der Waals surface area contributed by atoms with Crippen LogP contribution in [0.15, 0.2) is 36.8 Å². The van der Waals surface area contributed by atoms with Gasteiger partial charge >= 0.3 is 5.97 Å². The number of carbonyl (C=O) groups excluding carboxylic acids is 1. The number of amides is 1. The molecule has 2 rings (SSSR count). The Morgan fingerprint density at radius 2 is 1.93 bits per heavy atom. The van der Waals surface area contributed by atoms with E-state index in [1.807, 2.05) is 24.3 Å². The Bertz CT molecular complexity index is 788. The average Bonchev–Trinajstić information content (AvgIpc) is 3.19. The van der Waals surface area contributed by atoms with Gasteiger partial charge in [-0.25, -0.2) is 9.78 Å². The molecule has 0 radical (unpaired) electrons. The van der Waals surface area contributed by atoms with Crippen molar-refractivity contribution in [2.24, 2.45) is 0 Å². The molecule has 7 heteroatoms. The number of unbranched alkanes of at least 4 members (excludes halogenated alkanes) is 4. The largest absolute Gasteiger partial charge is 0.480 e. The number of aromatic nitrogens is 2. The minimum atomic E-state index is -0.917.